The summed E-state index contributed by atoms with van der Waals surface area (Å²) in [7, 11) is 2.43. The van der Waals surface area contributed by atoms with E-state index < -0.39 is 29.7 Å². The number of ether oxygens (including phenoxy) is 1. The molecule has 0 aliphatic carbocycles. The van der Waals surface area contributed by atoms with E-state index in [-0.39, 0.29) is 0 Å². The van der Waals surface area contributed by atoms with Gasteiger partial charge in [-0.05, 0) is 55.0 Å². The Labute approximate surface area is 172 Å². The predicted octanol–water partition coefficient (Wildman–Crippen LogP) is 2.26. The topological polar surface area (TPSA) is 120 Å². The van der Waals surface area contributed by atoms with Crippen LogP contribution in [0.5, 0.6) is 11.5 Å². The lowest BCUT2D eigenvalue weighted by Crippen LogP contribution is -2.59. The Morgan fingerprint density at radius 3 is 2.10 bits per heavy atom. The highest BCUT2D eigenvalue weighted by molar-refractivity contribution is 6.27. The SMILES string of the molecule is Cc1cc(Oc2ccc(C#N)cc2)ccc1NC(=O)C1C(=O)N(C)C(=O)N(C)C1=O. The second kappa shape index (κ2) is 8.05. The summed E-state index contributed by atoms with van der Waals surface area (Å²) in [5.74, 6) is -3.16. The Morgan fingerprint density at radius 1 is 1.00 bits per heavy atom. The number of benzene rings is 2. The van der Waals surface area contributed by atoms with Crippen LogP contribution in [0.3, 0.4) is 0 Å². The van der Waals surface area contributed by atoms with Gasteiger partial charge in [-0.1, -0.05) is 0 Å². The van der Waals surface area contributed by atoms with Gasteiger partial charge in [0.25, 0.3) is 11.8 Å². The van der Waals surface area contributed by atoms with Crippen LogP contribution in [0.4, 0.5) is 10.5 Å². The molecule has 1 N–H and O–H groups in total. The molecule has 3 rings (SSSR count). The number of nitrogens with one attached hydrogen (secondary N) is 1. The summed E-state index contributed by atoms with van der Waals surface area (Å²) in [5.41, 5.74) is 1.55. The van der Waals surface area contributed by atoms with E-state index in [0.29, 0.717) is 28.3 Å². The Balaban J connectivity index is 1.74. The fourth-order valence-electron chi connectivity index (χ4n) is 2.91. The van der Waals surface area contributed by atoms with Crippen LogP contribution >= 0.6 is 0 Å². The van der Waals surface area contributed by atoms with E-state index in [4.69, 9.17) is 10.00 Å². The van der Waals surface area contributed by atoms with Crippen molar-refractivity contribution in [1.82, 2.24) is 9.80 Å². The zero-order valence-corrected chi connectivity index (χ0v) is 16.5. The molecule has 1 saturated heterocycles. The average Bonchev–Trinajstić information content (AvgIpc) is 2.73. The average molecular weight is 406 g/mol. The quantitative estimate of drug-likeness (QED) is 0.778. The molecule has 0 saturated carbocycles. The van der Waals surface area contributed by atoms with Gasteiger partial charge in [0.15, 0.2) is 5.92 Å². The molecule has 0 atom stereocenters. The number of imide groups is 2. The molecule has 9 nitrogen and oxygen atoms in total. The molecular formula is C21H18N4O5. The summed E-state index contributed by atoms with van der Waals surface area (Å²) < 4.78 is 5.73. The minimum absolute atomic E-state index is 0.398. The van der Waals surface area contributed by atoms with E-state index in [9.17, 15) is 19.2 Å². The van der Waals surface area contributed by atoms with Crippen molar-refractivity contribution in [3.63, 3.8) is 0 Å². The van der Waals surface area contributed by atoms with Gasteiger partial charge in [-0.3, -0.25) is 24.2 Å². The first-order chi connectivity index (χ1) is 14.2. The van der Waals surface area contributed by atoms with Crippen LogP contribution in [0.15, 0.2) is 42.5 Å². The number of nitrogens with zero attached hydrogens (tertiary/aromatic N) is 3. The highest BCUT2D eigenvalue weighted by atomic mass is 16.5. The summed E-state index contributed by atoms with van der Waals surface area (Å²) in [4.78, 5) is 50.4. The van der Waals surface area contributed by atoms with E-state index in [0.717, 1.165) is 9.80 Å². The summed E-state index contributed by atoms with van der Waals surface area (Å²) in [5, 5.41) is 11.4. The minimum atomic E-state index is -1.63. The number of hydrogen-bond donors (Lipinski definition) is 1. The molecule has 1 aliphatic rings. The lowest BCUT2D eigenvalue weighted by molar-refractivity contribution is -0.151. The molecule has 0 radical (unpaired) electrons. The molecule has 1 heterocycles. The van der Waals surface area contributed by atoms with Crippen LogP contribution in [-0.4, -0.2) is 47.6 Å². The smallest absolute Gasteiger partial charge is 0.332 e. The molecule has 2 aromatic rings. The number of nitriles is 1. The van der Waals surface area contributed by atoms with Crippen LogP contribution in [0.25, 0.3) is 0 Å². The van der Waals surface area contributed by atoms with E-state index >= 15 is 0 Å². The van der Waals surface area contributed by atoms with Crippen molar-refractivity contribution >= 4 is 29.4 Å². The number of hydrogen-bond acceptors (Lipinski definition) is 6. The molecule has 5 amide bonds. The molecule has 2 aromatic carbocycles. The Hall–Kier alpha value is -4.19. The van der Waals surface area contributed by atoms with Gasteiger partial charge in [-0.2, -0.15) is 5.26 Å². The maximum Gasteiger partial charge on any atom is 0.332 e. The van der Waals surface area contributed by atoms with Gasteiger partial charge in [-0.25, -0.2) is 4.79 Å². The number of rotatable bonds is 4. The molecule has 9 heteroatoms. The zero-order chi connectivity index (χ0) is 22.0. The maximum absolute atomic E-state index is 12.6. The number of urea groups is 1. The number of aryl methyl sites for hydroxylation is 1. The Bertz CT molecular complexity index is 1060. The van der Waals surface area contributed by atoms with Crippen molar-refractivity contribution in [2.24, 2.45) is 5.92 Å². The fourth-order valence-corrected chi connectivity index (χ4v) is 2.91. The van der Waals surface area contributed by atoms with Crippen LogP contribution < -0.4 is 10.1 Å². The zero-order valence-electron chi connectivity index (χ0n) is 16.5. The number of amides is 5. The lowest BCUT2D eigenvalue weighted by Gasteiger charge is -2.32. The fraction of sp³-hybridized carbons (Fsp3) is 0.190. The van der Waals surface area contributed by atoms with Crippen molar-refractivity contribution in [1.29, 1.82) is 5.26 Å². The number of carbonyl (C=O) groups excluding carboxylic acids is 4. The Kier molecular flexibility index (Phi) is 5.51. The van der Waals surface area contributed by atoms with Gasteiger partial charge in [0.1, 0.15) is 11.5 Å². The van der Waals surface area contributed by atoms with Crippen molar-refractivity contribution in [2.75, 3.05) is 19.4 Å². The standard InChI is InChI=1S/C21H18N4O5/c1-12-10-15(30-14-6-4-13(11-22)5-7-14)8-9-16(12)23-18(26)17-19(27)24(2)21(29)25(3)20(17)28/h4-10,17H,1-3H3,(H,23,26). The molecule has 152 valence electrons. The highest BCUT2D eigenvalue weighted by Gasteiger charge is 2.46. The third-order valence-electron chi connectivity index (χ3n) is 4.67. The Morgan fingerprint density at radius 2 is 1.57 bits per heavy atom. The molecule has 0 bridgehead atoms. The molecule has 30 heavy (non-hydrogen) atoms. The van der Waals surface area contributed by atoms with Crippen molar-refractivity contribution < 1.29 is 23.9 Å². The summed E-state index contributed by atoms with van der Waals surface area (Å²) in [6.07, 6.45) is 0. The van der Waals surface area contributed by atoms with Crippen LogP contribution in [-0.2, 0) is 14.4 Å². The van der Waals surface area contributed by atoms with Crippen LogP contribution in [0.2, 0.25) is 0 Å². The monoisotopic (exact) mass is 406 g/mol. The lowest BCUT2D eigenvalue weighted by atomic mass is 10.0. The predicted molar refractivity (Wildman–Crippen MR) is 105 cm³/mol. The first-order valence-electron chi connectivity index (χ1n) is 8.91. The van der Waals surface area contributed by atoms with Crippen molar-refractivity contribution in [3.05, 3.63) is 53.6 Å². The van der Waals surface area contributed by atoms with Crippen LogP contribution in [0.1, 0.15) is 11.1 Å². The van der Waals surface area contributed by atoms with E-state index in [1.165, 1.54) is 14.1 Å². The van der Waals surface area contributed by atoms with E-state index in [2.05, 4.69) is 5.32 Å². The van der Waals surface area contributed by atoms with Gasteiger partial charge >= 0.3 is 6.03 Å². The first-order valence-corrected chi connectivity index (χ1v) is 8.91. The molecule has 0 spiro atoms. The summed E-state index contributed by atoms with van der Waals surface area (Å²) in [6.45, 7) is 1.73. The molecule has 0 unspecified atom stereocenters. The number of barbiturate groups is 1. The summed E-state index contributed by atoms with van der Waals surface area (Å²) >= 11 is 0. The maximum atomic E-state index is 12.6. The van der Waals surface area contributed by atoms with E-state index in [1.807, 2.05) is 6.07 Å². The molecule has 0 aromatic heterocycles. The third-order valence-corrected chi connectivity index (χ3v) is 4.67. The number of anilines is 1. The molecule has 1 fully saturated rings. The van der Waals surface area contributed by atoms with Gasteiger partial charge in [0.05, 0.1) is 11.6 Å². The minimum Gasteiger partial charge on any atom is -0.457 e. The normalized spacial score (nSPS) is 14.5. The third kappa shape index (κ3) is 3.84. The van der Waals surface area contributed by atoms with Crippen LogP contribution in [0, 0.1) is 24.2 Å². The van der Waals surface area contributed by atoms with Crippen molar-refractivity contribution in [3.8, 4) is 17.6 Å². The summed E-state index contributed by atoms with van der Waals surface area (Å²) in [6, 6.07) is 12.7. The van der Waals surface area contributed by atoms with Gasteiger partial charge in [0.2, 0.25) is 5.91 Å². The van der Waals surface area contributed by atoms with Gasteiger partial charge < -0.3 is 10.1 Å². The second-order valence-corrected chi connectivity index (χ2v) is 6.71. The van der Waals surface area contributed by atoms with Crippen molar-refractivity contribution in [2.45, 2.75) is 6.92 Å². The molecular weight excluding hydrogens is 388 g/mol. The van der Waals surface area contributed by atoms with Gasteiger partial charge in [-0.15, -0.1) is 0 Å². The second-order valence-electron chi connectivity index (χ2n) is 6.71. The largest absolute Gasteiger partial charge is 0.457 e. The number of carbonyl (C=O) groups is 4. The molecule has 1 aliphatic heterocycles. The van der Waals surface area contributed by atoms with E-state index in [1.54, 1.807) is 49.4 Å². The highest BCUT2D eigenvalue weighted by Crippen LogP contribution is 2.27. The first kappa shape index (κ1) is 20.5. The van der Waals surface area contributed by atoms with Gasteiger partial charge in [0, 0.05) is 19.8 Å².